The minimum atomic E-state index is -0.922. The van der Waals surface area contributed by atoms with Crippen molar-refractivity contribution < 1.29 is 19.4 Å². The van der Waals surface area contributed by atoms with Gasteiger partial charge in [0.25, 0.3) is 0 Å². The van der Waals surface area contributed by atoms with E-state index >= 15 is 0 Å². The normalized spacial score (nSPS) is 24.0. The number of hydrogen-bond donors (Lipinski definition) is 2. The van der Waals surface area contributed by atoms with Crippen LogP contribution in [0.1, 0.15) is 32.4 Å². The topological polar surface area (TPSA) is 88.5 Å². The maximum Gasteiger partial charge on any atom is 0.307 e. The molecule has 0 aromatic carbocycles. The average molecular weight is 292 g/mol. The molecule has 0 aliphatic heterocycles. The molecule has 0 bridgehead atoms. The van der Waals surface area contributed by atoms with Crippen molar-refractivity contribution in [3.63, 3.8) is 0 Å². The Labute approximate surface area is 123 Å². The van der Waals surface area contributed by atoms with Crippen LogP contribution in [0.15, 0.2) is 18.5 Å². The van der Waals surface area contributed by atoms with Crippen molar-refractivity contribution in [2.24, 2.45) is 17.3 Å². The van der Waals surface area contributed by atoms with Crippen LogP contribution in [0.25, 0.3) is 0 Å². The molecule has 114 valence electrons. The maximum atomic E-state index is 12.3. The Morgan fingerprint density at radius 1 is 1.43 bits per heavy atom. The third-order valence-electron chi connectivity index (χ3n) is 4.24. The number of amides is 1. The van der Waals surface area contributed by atoms with Crippen molar-refractivity contribution in [2.45, 2.75) is 26.8 Å². The molecule has 1 unspecified atom stereocenters. The zero-order chi connectivity index (χ0) is 15.8. The molecule has 1 aliphatic carbocycles. The van der Waals surface area contributed by atoms with Gasteiger partial charge in [0.05, 0.1) is 31.2 Å². The van der Waals surface area contributed by atoms with E-state index in [1.54, 1.807) is 39.4 Å². The number of nitrogens with one attached hydrogen (secondary N) is 1. The number of aromatic nitrogens is 1. The summed E-state index contributed by atoms with van der Waals surface area (Å²) in [6.07, 6.45) is 3.21. The number of carboxylic acids is 1. The van der Waals surface area contributed by atoms with E-state index in [2.05, 4.69) is 10.3 Å². The molecule has 21 heavy (non-hydrogen) atoms. The number of rotatable bonds is 5. The molecular weight excluding hydrogens is 272 g/mol. The summed E-state index contributed by atoms with van der Waals surface area (Å²) < 4.78 is 5.22. The summed E-state index contributed by atoms with van der Waals surface area (Å²) >= 11 is 0. The number of pyridine rings is 1. The minimum Gasteiger partial charge on any atom is -0.495 e. The quantitative estimate of drug-likeness (QED) is 0.861. The van der Waals surface area contributed by atoms with Crippen molar-refractivity contribution in [3.05, 3.63) is 24.0 Å². The molecule has 0 saturated heterocycles. The maximum absolute atomic E-state index is 12.3. The zero-order valence-electron chi connectivity index (χ0n) is 12.6. The first-order valence-electron chi connectivity index (χ1n) is 6.81. The lowest BCUT2D eigenvalue weighted by Crippen LogP contribution is -2.30. The second kappa shape index (κ2) is 5.35. The largest absolute Gasteiger partial charge is 0.495 e. The Kier molecular flexibility index (Phi) is 3.89. The number of methoxy groups -OCH3 is 1. The molecule has 0 radical (unpaired) electrons. The molecule has 1 aromatic heterocycles. The molecule has 6 nitrogen and oxygen atoms in total. The summed E-state index contributed by atoms with van der Waals surface area (Å²) in [5.41, 5.74) is 0.309. The van der Waals surface area contributed by atoms with E-state index in [0.717, 1.165) is 5.56 Å². The molecule has 1 heterocycles. The second-order valence-corrected chi connectivity index (χ2v) is 5.96. The fraction of sp³-hybridized carbons (Fsp3) is 0.533. The Hall–Kier alpha value is -2.11. The summed E-state index contributed by atoms with van der Waals surface area (Å²) in [7, 11) is 1.54. The number of nitrogens with zero attached hydrogens (tertiary/aromatic N) is 1. The molecule has 1 aromatic rings. The molecular formula is C15H20N2O4. The summed E-state index contributed by atoms with van der Waals surface area (Å²) in [4.78, 5) is 27.4. The number of carbonyl (C=O) groups is 2. The van der Waals surface area contributed by atoms with Gasteiger partial charge < -0.3 is 15.2 Å². The van der Waals surface area contributed by atoms with E-state index in [0.29, 0.717) is 5.75 Å². The Morgan fingerprint density at radius 2 is 2.10 bits per heavy atom. The van der Waals surface area contributed by atoms with E-state index in [9.17, 15) is 9.59 Å². The highest BCUT2D eigenvalue weighted by molar-refractivity contribution is 5.91. The van der Waals surface area contributed by atoms with Crippen LogP contribution in [-0.4, -0.2) is 29.1 Å². The Morgan fingerprint density at radius 3 is 2.62 bits per heavy atom. The third-order valence-corrected chi connectivity index (χ3v) is 4.24. The smallest absolute Gasteiger partial charge is 0.307 e. The number of carboxylic acid groups (broad SMARTS) is 1. The monoisotopic (exact) mass is 292 g/mol. The van der Waals surface area contributed by atoms with Crippen molar-refractivity contribution in [1.29, 1.82) is 0 Å². The summed E-state index contributed by atoms with van der Waals surface area (Å²) in [6, 6.07) is 1.50. The Balaban J connectivity index is 2.09. The van der Waals surface area contributed by atoms with Crippen molar-refractivity contribution in [2.75, 3.05) is 7.11 Å². The second-order valence-electron chi connectivity index (χ2n) is 5.96. The van der Waals surface area contributed by atoms with Gasteiger partial charge in [0.1, 0.15) is 5.75 Å². The molecule has 2 N–H and O–H groups in total. The molecule has 2 rings (SSSR count). The molecule has 1 saturated carbocycles. The summed E-state index contributed by atoms with van der Waals surface area (Å²) in [6.45, 7) is 5.43. The van der Waals surface area contributed by atoms with Crippen LogP contribution >= 0.6 is 0 Å². The van der Waals surface area contributed by atoms with E-state index < -0.39 is 23.2 Å². The van der Waals surface area contributed by atoms with Gasteiger partial charge in [-0.2, -0.15) is 0 Å². The van der Waals surface area contributed by atoms with Crippen LogP contribution in [0.4, 0.5) is 0 Å². The standard InChI is InChI=1S/C15H20N2O4/c1-8(9-5-6-16-7-10(9)21-4)17-13(18)11-12(14(19)20)15(11,2)3/h5-8,11-12H,1-4H3,(H,17,18)(H,19,20)/t8?,11-,12+/m0/s1. The van der Waals surface area contributed by atoms with Crippen LogP contribution in [0.3, 0.4) is 0 Å². The first kappa shape index (κ1) is 15.3. The lowest BCUT2D eigenvalue weighted by molar-refractivity contribution is -0.140. The molecule has 3 atom stereocenters. The van der Waals surface area contributed by atoms with Gasteiger partial charge in [0.2, 0.25) is 5.91 Å². The molecule has 6 heteroatoms. The van der Waals surface area contributed by atoms with Crippen molar-refractivity contribution in [1.82, 2.24) is 10.3 Å². The molecule has 1 fully saturated rings. The molecule has 0 spiro atoms. The van der Waals surface area contributed by atoms with Gasteiger partial charge in [-0.05, 0) is 18.4 Å². The van der Waals surface area contributed by atoms with Gasteiger partial charge >= 0.3 is 5.97 Å². The lowest BCUT2D eigenvalue weighted by atomic mass is 10.1. The number of hydrogen-bond acceptors (Lipinski definition) is 4. The van der Waals surface area contributed by atoms with Crippen molar-refractivity contribution >= 4 is 11.9 Å². The highest BCUT2D eigenvalue weighted by atomic mass is 16.5. The van der Waals surface area contributed by atoms with Crippen molar-refractivity contribution in [3.8, 4) is 5.75 Å². The molecule has 1 amide bonds. The first-order chi connectivity index (χ1) is 9.80. The highest BCUT2D eigenvalue weighted by Crippen LogP contribution is 2.58. The summed E-state index contributed by atoms with van der Waals surface area (Å²) in [5, 5.41) is 12.0. The van der Waals surface area contributed by atoms with E-state index in [1.807, 2.05) is 6.92 Å². The fourth-order valence-electron chi connectivity index (χ4n) is 2.89. The predicted octanol–water partition coefficient (Wildman–Crippen LogP) is 1.62. The first-order valence-corrected chi connectivity index (χ1v) is 6.81. The van der Waals surface area contributed by atoms with Gasteiger partial charge in [-0.25, -0.2) is 0 Å². The predicted molar refractivity (Wildman–Crippen MR) is 75.7 cm³/mol. The zero-order valence-corrected chi connectivity index (χ0v) is 12.6. The van der Waals surface area contributed by atoms with Crippen LogP contribution in [0.2, 0.25) is 0 Å². The van der Waals surface area contributed by atoms with Crippen LogP contribution in [-0.2, 0) is 9.59 Å². The minimum absolute atomic E-state index is 0.237. The van der Waals surface area contributed by atoms with Gasteiger partial charge in [-0.3, -0.25) is 14.6 Å². The average Bonchev–Trinajstić information content (AvgIpc) is 3.01. The van der Waals surface area contributed by atoms with E-state index in [-0.39, 0.29) is 11.9 Å². The van der Waals surface area contributed by atoms with Crippen LogP contribution < -0.4 is 10.1 Å². The van der Waals surface area contributed by atoms with Gasteiger partial charge in [-0.15, -0.1) is 0 Å². The third kappa shape index (κ3) is 2.70. The van der Waals surface area contributed by atoms with Gasteiger partial charge in [0.15, 0.2) is 0 Å². The summed E-state index contributed by atoms with van der Waals surface area (Å²) in [5.74, 6) is -1.68. The van der Waals surface area contributed by atoms with E-state index in [1.165, 1.54) is 0 Å². The van der Waals surface area contributed by atoms with Crippen LogP contribution in [0.5, 0.6) is 5.75 Å². The number of ether oxygens (including phenoxy) is 1. The SMILES string of the molecule is COc1cnccc1C(C)NC(=O)[C@@H]1[C@H](C(=O)O)C1(C)C. The number of aliphatic carboxylic acids is 1. The fourth-order valence-corrected chi connectivity index (χ4v) is 2.89. The Bertz CT molecular complexity index is 571. The lowest BCUT2D eigenvalue weighted by Gasteiger charge is -2.17. The van der Waals surface area contributed by atoms with Gasteiger partial charge in [-0.1, -0.05) is 13.8 Å². The van der Waals surface area contributed by atoms with Crippen LogP contribution in [0, 0.1) is 17.3 Å². The highest BCUT2D eigenvalue weighted by Gasteiger charge is 2.65. The van der Waals surface area contributed by atoms with E-state index in [4.69, 9.17) is 9.84 Å². The molecule has 1 aliphatic rings. The van der Waals surface area contributed by atoms with Gasteiger partial charge in [0, 0.05) is 11.8 Å². The number of carbonyl (C=O) groups excluding carboxylic acids is 1.